The van der Waals surface area contributed by atoms with Crippen molar-refractivity contribution in [2.45, 2.75) is 13.3 Å². The fourth-order valence-corrected chi connectivity index (χ4v) is 2.74. The normalized spacial score (nSPS) is 10.7. The zero-order valence-electron chi connectivity index (χ0n) is 10.4. The molecule has 0 unspecified atom stereocenters. The van der Waals surface area contributed by atoms with Gasteiger partial charge < -0.3 is 10.5 Å². The molecule has 0 saturated carbocycles. The maximum atomic E-state index is 13.3. The van der Waals surface area contributed by atoms with Gasteiger partial charge in [0.15, 0.2) is 0 Å². The molecule has 0 aliphatic rings. The van der Waals surface area contributed by atoms with Crippen molar-refractivity contribution < 1.29 is 9.13 Å². The summed E-state index contributed by atoms with van der Waals surface area (Å²) in [5.41, 5.74) is 7.20. The van der Waals surface area contributed by atoms with E-state index < -0.39 is 0 Å². The number of nitrogens with zero attached hydrogens (tertiary/aromatic N) is 1. The van der Waals surface area contributed by atoms with Crippen LogP contribution in [0.25, 0.3) is 10.6 Å². The molecule has 0 aliphatic heterocycles. The highest BCUT2D eigenvalue weighted by atomic mass is 32.1. The van der Waals surface area contributed by atoms with Gasteiger partial charge in [-0.3, -0.25) is 0 Å². The van der Waals surface area contributed by atoms with Gasteiger partial charge in [0, 0.05) is 11.3 Å². The predicted octanol–water partition coefficient (Wildman–Crippen LogP) is 2.77. The Balaban J connectivity index is 2.47. The molecule has 1 aromatic heterocycles. The van der Waals surface area contributed by atoms with Crippen molar-refractivity contribution in [3.05, 3.63) is 34.6 Å². The number of ether oxygens (including phenoxy) is 1. The molecular formula is C13H15FN2OS. The van der Waals surface area contributed by atoms with Crippen molar-refractivity contribution in [3.8, 4) is 16.3 Å². The molecular weight excluding hydrogens is 251 g/mol. The van der Waals surface area contributed by atoms with Gasteiger partial charge in [0.25, 0.3) is 0 Å². The highest BCUT2D eigenvalue weighted by molar-refractivity contribution is 7.15. The predicted molar refractivity (Wildman–Crippen MR) is 71.6 cm³/mol. The minimum Gasteiger partial charge on any atom is -0.496 e. The first kappa shape index (κ1) is 13.0. The summed E-state index contributed by atoms with van der Waals surface area (Å²) in [7, 11) is 1.57. The largest absolute Gasteiger partial charge is 0.496 e. The number of benzene rings is 1. The monoisotopic (exact) mass is 266 g/mol. The Morgan fingerprint density at radius 3 is 2.89 bits per heavy atom. The van der Waals surface area contributed by atoms with Gasteiger partial charge in [-0.05, 0) is 31.7 Å². The first-order valence-corrected chi connectivity index (χ1v) is 6.47. The summed E-state index contributed by atoms with van der Waals surface area (Å²) in [6.45, 7) is 2.56. The molecule has 0 atom stereocenters. The standard InChI is InChI=1S/C13H15FN2OS/c1-8-11(5-6-15)16-13(18-8)10-7-9(14)3-4-12(10)17-2/h3-4,7H,5-6,15H2,1-2H3. The van der Waals surface area contributed by atoms with E-state index in [1.165, 1.54) is 23.5 Å². The molecule has 0 saturated heterocycles. The number of halogens is 1. The van der Waals surface area contributed by atoms with E-state index in [1.54, 1.807) is 13.2 Å². The highest BCUT2D eigenvalue weighted by Gasteiger charge is 2.13. The molecule has 0 aliphatic carbocycles. The zero-order chi connectivity index (χ0) is 13.1. The Morgan fingerprint density at radius 1 is 1.44 bits per heavy atom. The number of methoxy groups -OCH3 is 1. The van der Waals surface area contributed by atoms with E-state index in [2.05, 4.69) is 4.98 Å². The summed E-state index contributed by atoms with van der Waals surface area (Å²) >= 11 is 1.53. The van der Waals surface area contributed by atoms with E-state index in [4.69, 9.17) is 10.5 Å². The fourth-order valence-electron chi connectivity index (χ4n) is 1.76. The summed E-state index contributed by atoms with van der Waals surface area (Å²) in [5, 5.41) is 0.771. The van der Waals surface area contributed by atoms with E-state index in [1.807, 2.05) is 6.92 Å². The molecule has 18 heavy (non-hydrogen) atoms. The molecule has 2 aromatic rings. The topological polar surface area (TPSA) is 48.1 Å². The number of aryl methyl sites for hydroxylation is 1. The summed E-state index contributed by atoms with van der Waals surface area (Å²) < 4.78 is 18.6. The van der Waals surface area contributed by atoms with Crippen molar-refractivity contribution in [1.29, 1.82) is 0 Å². The van der Waals surface area contributed by atoms with Crippen molar-refractivity contribution in [2.24, 2.45) is 5.73 Å². The molecule has 3 nitrogen and oxygen atoms in total. The third-order valence-corrected chi connectivity index (χ3v) is 3.71. The number of thiazole rings is 1. The van der Waals surface area contributed by atoms with Crippen LogP contribution in [0.3, 0.4) is 0 Å². The SMILES string of the molecule is COc1ccc(F)cc1-c1nc(CCN)c(C)s1. The summed E-state index contributed by atoms with van der Waals surface area (Å²) in [6.07, 6.45) is 0.736. The van der Waals surface area contributed by atoms with Crippen molar-refractivity contribution in [2.75, 3.05) is 13.7 Å². The van der Waals surface area contributed by atoms with E-state index in [9.17, 15) is 4.39 Å². The summed E-state index contributed by atoms with van der Waals surface area (Å²) in [6, 6.07) is 4.44. The summed E-state index contributed by atoms with van der Waals surface area (Å²) in [5.74, 6) is 0.337. The molecule has 0 fully saturated rings. The van der Waals surface area contributed by atoms with Gasteiger partial charge in [-0.15, -0.1) is 11.3 Å². The van der Waals surface area contributed by atoms with Crippen LogP contribution in [-0.4, -0.2) is 18.6 Å². The molecule has 5 heteroatoms. The van der Waals surface area contributed by atoms with Gasteiger partial charge >= 0.3 is 0 Å². The molecule has 96 valence electrons. The second kappa shape index (κ2) is 5.46. The van der Waals surface area contributed by atoms with Gasteiger partial charge in [-0.2, -0.15) is 0 Å². The smallest absolute Gasteiger partial charge is 0.129 e. The number of rotatable bonds is 4. The molecule has 0 amide bonds. The van der Waals surface area contributed by atoms with E-state index in [-0.39, 0.29) is 5.82 Å². The van der Waals surface area contributed by atoms with Crippen LogP contribution in [-0.2, 0) is 6.42 Å². The maximum Gasteiger partial charge on any atom is 0.129 e. The Kier molecular flexibility index (Phi) is 3.93. The van der Waals surface area contributed by atoms with E-state index >= 15 is 0 Å². The van der Waals surface area contributed by atoms with Crippen molar-refractivity contribution in [1.82, 2.24) is 4.98 Å². The minimum absolute atomic E-state index is 0.293. The molecule has 1 heterocycles. The fraction of sp³-hybridized carbons (Fsp3) is 0.308. The van der Waals surface area contributed by atoms with Crippen LogP contribution in [0.15, 0.2) is 18.2 Å². The lowest BCUT2D eigenvalue weighted by Gasteiger charge is -2.05. The first-order chi connectivity index (χ1) is 8.65. The third kappa shape index (κ3) is 2.52. The summed E-state index contributed by atoms with van der Waals surface area (Å²) in [4.78, 5) is 5.62. The van der Waals surface area contributed by atoms with Gasteiger partial charge in [0.1, 0.15) is 16.6 Å². The lowest BCUT2D eigenvalue weighted by molar-refractivity contribution is 0.415. The van der Waals surface area contributed by atoms with E-state index in [0.717, 1.165) is 22.0 Å². The Hall–Kier alpha value is -1.46. The number of nitrogens with two attached hydrogens (primary N) is 1. The first-order valence-electron chi connectivity index (χ1n) is 5.66. The molecule has 0 spiro atoms. The lowest BCUT2D eigenvalue weighted by Crippen LogP contribution is -2.03. The van der Waals surface area contributed by atoms with Crippen LogP contribution in [0.2, 0.25) is 0 Å². The van der Waals surface area contributed by atoms with Gasteiger partial charge in [0.05, 0.1) is 18.4 Å². The van der Waals surface area contributed by atoms with Crippen molar-refractivity contribution >= 4 is 11.3 Å². The van der Waals surface area contributed by atoms with Crippen LogP contribution < -0.4 is 10.5 Å². The Morgan fingerprint density at radius 2 is 2.22 bits per heavy atom. The zero-order valence-corrected chi connectivity index (χ0v) is 11.2. The average Bonchev–Trinajstić information content (AvgIpc) is 2.71. The Labute approximate surface area is 109 Å². The van der Waals surface area contributed by atoms with Gasteiger partial charge in [0.2, 0.25) is 0 Å². The number of hydrogen-bond donors (Lipinski definition) is 1. The number of hydrogen-bond acceptors (Lipinski definition) is 4. The second-order valence-electron chi connectivity index (χ2n) is 3.91. The third-order valence-electron chi connectivity index (χ3n) is 2.67. The van der Waals surface area contributed by atoms with Gasteiger partial charge in [-0.1, -0.05) is 0 Å². The quantitative estimate of drug-likeness (QED) is 0.925. The second-order valence-corrected chi connectivity index (χ2v) is 5.11. The van der Waals surface area contributed by atoms with E-state index in [0.29, 0.717) is 17.9 Å². The van der Waals surface area contributed by atoms with Crippen LogP contribution in [0.1, 0.15) is 10.6 Å². The molecule has 1 aromatic carbocycles. The lowest BCUT2D eigenvalue weighted by atomic mass is 10.2. The molecule has 2 N–H and O–H groups in total. The van der Waals surface area contributed by atoms with Crippen LogP contribution in [0.4, 0.5) is 4.39 Å². The van der Waals surface area contributed by atoms with Crippen LogP contribution >= 0.6 is 11.3 Å². The highest BCUT2D eigenvalue weighted by Crippen LogP contribution is 2.34. The van der Waals surface area contributed by atoms with Crippen LogP contribution in [0, 0.1) is 12.7 Å². The molecule has 0 bridgehead atoms. The van der Waals surface area contributed by atoms with Crippen LogP contribution in [0.5, 0.6) is 5.75 Å². The Bertz CT molecular complexity index is 554. The molecule has 2 rings (SSSR count). The number of aromatic nitrogens is 1. The minimum atomic E-state index is -0.293. The average molecular weight is 266 g/mol. The maximum absolute atomic E-state index is 13.3. The van der Waals surface area contributed by atoms with Gasteiger partial charge in [-0.25, -0.2) is 9.37 Å². The molecule has 0 radical (unpaired) electrons. The van der Waals surface area contributed by atoms with Crippen molar-refractivity contribution in [3.63, 3.8) is 0 Å².